The van der Waals surface area contributed by atoms with Gasteiger partial charge in [0.05, 0.1) is 0 Å². The molecule has 24 nitrogen and oxygen atoms in total. The van der Waals surface area contributed by atoms with Crippen LogP contribution in [0.3, 0.4) is 0 Å². The summed E-state index contributed by atoms with van der Waals surface area (Å²) >= 11 is 0. The molecular weight excluding hydrogens is 1680 g/mol. The van der Waals surface area contributed by atoms with Crippen LogP contribution >= 0.6 is 0 Å². The number of rotatable bonds is 10. The maximum atomic E-state index is 6.40. The Bertz CT molecular complexity index is 2420. The second-order valence-electron chi connectivity index (χ2n) is 28.9. The minimum Gasteiger partial charge on any atom is -0.420 e. The Hall–Kier alpha value is 2.17. The van der Waals surface area contributed by atoms with Gasteiger partial charge in [-0.25, -0.2) is 0 Å². The van der Waals surface area contributed by atoms with Crippen molar-refractivity contribution in [3.05, 3.63) is 98.2 Å². The van der Waals surface area contributed by atoms with Crippen LogP contribution in [0.25, 0.3) is 0 Å². The highest BCUT2D eigenvalue weighted by Gasteiger charge is 2.56. The molecule has 0 amide bonds. The smallest absolute Gasteiger partial charge is 0.343 e. The van der Waals surface area contributed by atoms with Crippen molar-refractivity contribution in [2.24, 2.45) is 0 Å². The Morgan fingerprint density at radius 2 is 0.550 bits per heavy atom. The van der Waals surface area contributed by atoms with Gasteiger partial charge in [0, 0.05) is 5.54 Å². The molecule has 0 aromatic carbocycles. The first-order chi connectivity index (χ1) is 46.1. The van der Waals surface area contributed by atoms with E-state index in [1.807, 2.05) is 81.7 Å². The monoisotopic (exact) mass is 1810 g/mol. The molecule has 8 heterocycles. The molecule has 580 valence electrons. The van der Waals surface area contributed by atoms with Crippen molar-refractivity contribution in [2.45, 2.75) is 232 Å². The Morgan fingerprint density at radius 3 is 0.910 bits per heavy atom. The number of hydrogen-bond acceptors (Lipinski definition) is 24. The largest absolute Gasteiger partial charge is 0.420 e. The van der Waals surface area contributed by atoms with Gasteiger partial charge in [-0.2, -0.15) is 0 Å². The molecule has 2 saturated carbocycles. The summed E-state index contributed by atoms with van der Waals surface area (Å²) in [5, 5.41) is 0. The highest BCUT2D eigenvalue weighted by molar-refractivity contribution is 6.95. The molecule has 10 unspecified atom stereocenters. The SMILES string of the molecule is C=C[SiH]1O[SiH](C)O[SiH](C)O1.C=C[SiH]1O[SiH](C)O[SiH](C=C)O1.C=C[SiH]1O[SiH](C=C)O[Si](C)(C)O1.C=C[SiH]1O[Si](C)(C)O[Si](C)(C)O1.C=C[Si]1(C)O[SiH](C)O[SiH](C)O1.C=C[Si]1(C)O[Si](C)(C)O[Si](C)(C)O1.C[SiH]1O[SiH](C)O[SiH](C2CCCCC2)O1.C[Si]1(C)O[Si](C)(C)O[Si](C)(C2CCCCC2)O1. The van der Waals surface area contributed by atoms with E-state index in [2.05, 4.69) is 151 Å². The van der Waals surface area contributed by atoms with E-state index in [9.17, 15) is 0 Å². The zero-order valence-corrected chi connectivity index (χ0v) is 91.5. The van der Waals surface area contributed by atoms with E-state index >= 15 is 0 Å². The molecule has 10 rings (SSSR count). The standard InChI is InChI=1S/C11H26O3Si3.C8H20O3Si3.C7H18O3Si3.C6H16O3Si3.C6H14O3Si3.C5H14O3Si3.C5H12O3Si3.C4H12O3Si3/c1-15(2)12-16(3,4)14-17(5,13-15)11-9-7-6-8-10-11;1-12-9-13(2)11-14(10-12)8-6-4-3-5-7-8;1-7-13(6)9-11(2,3)8-12(4,5)10-13;1-6-10-7-11(2,3)9-12(4,5)8-10;1-5-10-7-11(6-2)9-12(3,4)8-10;1-5-11(4)7-9(2)6-10(3)8-11;1-4-10-6-9(3)7-11(5-2)8-10;1-4-10-6-8(2)5-9(3)7-10/h11H,6-10H2,1-5H3;8,12-14H,3-7H2,1-2H3;7H,1H2,2-6H3;6,10H,1H2,2-5H3;5-6,10-11H,1-2H2,3-4H3;5,9-10H,1H2,2-4H3;4-5,9-11H,1-2H2,3H3;4,8-10H,1H2,2-3H3. The van der Waals surface area contributed by atoms with Crippen molar-refractivity contribution in [3.63, 3.8) is 0 Å². The zero-order valence-electron chi connectivity index (χ0n) is 65.4. The first-order valence-corrected chi connectivity index (χ1v) is 88.2. The Labute approximate surface area is 639 Å². The van der Waals surface area contributed by atoms with Crippen molar-refractivity contribution in [3.8, 4) is 0 Å². The molecule has 10 atom stereocenters. The Kier molecular flexibility index (Phi) is 42.2. The lowest BCUT2D eigenvalue weighted by Gasteiger charge is -2.51. The molecule has 0 N–H and O–H groups in total. The minimum atomic E-state index is -2.12. The summed E-state index contributed by atoms with van der Waals surface area (Å²) < 4.78 is 138. The molecule has 48 heteroatoms. The Balaban J connectivity index is 0.000000299. The third-order valence-electron chi connectivity index (χ3n) is 15.6. The molecule has 0 radical (unpaired) electrons. The van der Waals surface area contributed by atoms with Gasteiger partial charge in [-0.1, -0.05) is 84.1 Å². The van der Waals surface area contributed by atoms with Crippen molar-refractivity contribution < 1.29 is 98.8 Å². The van der Waals surface area contributed by atoms with Gasteiger partial charge < -0.3 is 98.8 Å². The van der Waals surface area contributed by atoms with Gasteiger partial charge in [-0.15, -0.1) is 52.6 Å². The minimum absolute atomic E-state index is 0.693. The van der Waals surface area contributed by atoms with Gasteiger partial charge in [0.25, 0.3) is 37.1 Å². The summed E-state index contributed by atoms with van der Waals surface area (Å²) in [5.74, 6) is 0. The predicted octanol–water partition coefficient (Wildman–Crippen LogP) is 9.49. The highest BCUT2D eigenvalue weighted by Crippen LogP contribution is 2.44. The average Bonchev–Trinajstić information content (AvgIpc) is 0.766. The van der Waals surface area contributed by atoms with E-state index in [1.165, 1.54) is 64.2 Å². The lowest BCUT2D eigenvalue weighted by Crippen LogP contribution is -2.67. The fourth-order valence-electron chi connectivity index (χ4n) is 12.6. The Morgan fingerprint density at radius 1 is 0.260 bits per heavy atom. The topological polar surface area (TPSA) is 222 Å². The van der Waals surface area contributed by atoms with Crippen LogP contribution in [0.1, 0.15) is 64.2 Å². The van der Waals surface area contributed by atoms with Crippen molar-refractivity contribution in [1.29, 1.82) is 0 Å². The van der Waals surface area contributed by atoms with Crippen LogP contribution in [0.4, 0.5) is 0 Å². The molecule has 0 aromatic rings. The molecule has 8 aliphatic heterocycles. The van der Waals surface area contributed by atoms with E-state index in [0.717, 1.165) is 5.54 Å². The molecular formula is C52H132O24Si24. The number of hydrogen-bond donors (Lipinski definition) is 0. The van der Waals surface area contributed by atoms with E-state index in [-0.39, 0.29) is 0 Å². The fourth-order valence-corrected chi connectivity index (χ4v) is 103. The van der Waals surface area contributed by atoms with Crippen LogP contribution in [0, 0.1) is 0 Å². The molecule has 10 fully saturated rings. The van der Waals surface area contributed by atoms with Crippen LogP contribution in [0.5, 0.6) is 0 Å². The van der Waals surface area contributed by atoms with E-state index in [0.29, 0.717) is 5.54 Å². The van der Waals surface area contributed by atoms with Crippen LogP contribution in [-0.4, -0.2) is 216 Å². The maximum absolute atomic E-state index is 6.40. The normalized spacial score (nSPS) is 35.9. The first-order valence-electron chi connectivity index (χ1n) is 35.3. The predicted molar refractivity (Wildman–Crippen MR) is 460 cm³/mol. The molecule has 0 aromatic heterocycles. The van der Waals surface area contributed by atoms with Crippen molar-refractivity contribution >= 4 is 216 Å². The second-order valence-corrected chi connectivity index (χ2v) is 96.4. The molecule has 100 heavy (non-hydrogen) atoms. The van der Waals surface area contributed by atoms with Gasteiger partial charge in [0.15, 0.2) is 0 Å². The third kappa shape index (κ3) is 37.5. The summed E-state index contributed by atoms with van der Waals surface area (Å²) in [6.07, 6.45) is 13.6. The van der Waals surface area contributed by atoms with E-state index in [4.69, 9.17) is 98.8 Å². The lowest BCUT2D eigenvalue weighted by atomic mass is 10.0. The first kappa shape index (κ1) is 96.4. The van der Waals surface area contributed by atoms with Gasteiger partial charge >= 0.3 is 178 Å². The fraction of sp³-hybridized carbons (Fsp3) is 0.692. The van der Waals surface area contributed by atoms with Crippen LogP contribution in [0.2, 0.25) is 168 Å². The summed E-state index contributed by atoms with van der Waals surface area (Å²) in [4.78, 5) is 0. The van der Waals surface area contributed by atoms with Crippen molar-refractivity contribution in [2.75, 3.05) is 0 Å². The van der Waals surface area contributed by atoms with E-state index < -0.39 is 216 Å². The summed E-state index contributed by atoms with van der Waals surface area (Å²) in [5.41, 5.74) is 16.0. The van der Waals surface area contributed by atoms with Gasteiger partial charge in [0.2, 0.25) is 0 Å². The third-order valence-corrected chi connectivity index (χ3v) is 97.4. The van der Waals surface area contributed by atoms with Crippen LogP contribution in [0.15, 0.2) is 98.2 Å². The van der Waals surface area contributed by atoms with Gasteiger partial charge in [-0.3, -0.25) is 0 Å². The molecule has 8 saturated heterocycles. The summed E-state index contributed by atoms with van der Waals surface area (Å²) in [7, 11) is -39.6. The van der Waals surface area contributed by atoms with Crippen LogP contribution < -0.4 is 0 Å². The van der Waals surface area contributed by atoms with Gasteiger partial charge in [-0.05, 0) is 188 Å². The molecule has 0 bridgehead atoms. The van der Waals surface area contributed by atoms with Gasteiger partial charge in [0.1, 0.15) is 0 Å². The van der Waals surface area contributed by atoms with Crippen LogP contribution in [-0.2, 0) is 98.8 Å². The maximum Gasteiger partial charge on any atom is 0.343 e. The zero-order chi connectivity index (χ0) is 75.9. The lowest BCUT2D eigenvalue weighted by molar-refractivity contribution is 0.215. The second kappa shape index (κ2) is 43.8. The molecule has 0 spiro atoms. The molecule has 2 aliphatic carbocycles. The quantitative estimate of drug-likeness (QED) is 0.186. The average molecular weight is 1820 g/mol. The summed E-state index contributed by atoms with van der Waals surface area (Å²) in [6.45, 7) is 79.7. The highest BCUT2D eigenvalue weighted by atomic mass is 28.5. The van der Waals surface area contributed by atoms with Crippen molar-refractivity contribution in [1.82, 2.24) is 0 Å². The van der Waals surface area contributed by atoms with E-state index in [1.54, 1.807) is 22.8 Å². The molecule has 10 aliphatic rings. The summed E-state index contributed by atoms with van der Waals surface area (Å²) in [6, 6.07) is 0.